The monoisotopic (exact) mass is 202 g/mol. The topological polar surface area (TPSA) is 29.5 Å². The molecule has 0 fully saturated rings. The van der Waals surface area contributed by atoms with Crippen molar-refractivity contribution in [2.45, 2.75) is 27.1 Å². The van der Waals surface area contributed by atoms with Crippen LogP contribution in [0.2, 0.25) is 0 Å². The minimum atomic E-state index is -2.81. The van der Waals surface area contributed by atoms with Gasteiger partial charge in [0.05, 0.1) is 6.61 Å². The molecule has 0 atom stereocenters. The first-order chi connectivity index (χ1) is 6.54. The van der Waals surface area contributed by atoms with Crippen molar-refractivity contribution >= 4 is 0 Å². The highest BCUT2D eigenvalue weighted by molar-refractivity contribution is 5.43. The number of rotatable bonds is 3. The summed E-state index contributed by atoms with van der Waals surface area (Å²) >= 11 is 0. The van der Waals surface area contributed by atoms with E-state index in [1.54, 1.807) is 26.0 Å². The maximum absolute atomic E-state index is 12.0. The van der Waals surface area contributed by atoms with E-state index in [0.717, 1.165) is 0 Å². The molecule has 0 bridgehead atoms. The second kappa shape index (κ2) is 4.37. The molecule has 78 valence electrons. The Hall–Kier alpha value is -1.16. The third kappa shape index (κ3) is 2.42. The molecule has 0 spiro atoms. The molecular weight excluding hydrogens is 190 g/mol. The molecule has 4 heteroatoms. The normalized spacial score (nSPS) is 10.7. The minimum absolute atomic E-state index is 0.101. The van der Waals surface area contributed by atoms with Gasteiger partial charge in [-0.15, -0.1) is 0 Å². The van der Waals surface area contributed by atoms with Crippen molar-refractivity contribution in [2.75, 3.05) is 0 Å². The predicted molar refractivity (Wildman–Crippen MR) is 48.5 cm³/mol. The lowest BCUT2D eigenvalue weighted by Crippen LogP contribution is -2.05. The molecule has 0 aromatic heterocycles. The average Bonchev–Trinajstić information content (AvgIpc) is 2.10. The number of halogens is 2. The van der Waals surface area contributed by atoms with Crippen molar-refractivity contribution in [1.82, 2.24) is 0 Å². The van der Waals surface area contributed by atoms with Crippen LogP contribution in [-0.4, -0.2) is 11.7 Å². The zero-order valence-electron chi connectivity index (χ0n) is 8.05. The fourth-order valence-electron chi connectivity index (χ4n) is 1.41. The van der Waals surface area contributed by atoms with Gasteiger partial charge in [-0.3, -0.25) is 0 Å². The lowest BCUT2D eigenvalue weighted by Gasteiger charge is -2.12. The van der Waals surface area contributed by atoms with Gasteiger partial charge in [0, 0.05) is 0 Å². The van der Waals surface area contributed by atoms with Gasteiger partial charge in [0.1, 0.15) is 5.75 Å². The predicted octanol–water partition coefficient (Wildman–Crippen LogP) is 2.40. The van der Waals surface area contributed by atoms with Crippen LogP contribution >= 0.6 is 0 Å². The molecule has 0 saturated carbocycles. The molecule has 0 aliphatic heterocycles. The van der Waals surface area contributed by atoms with E-state index < -0.39 is 6.61 Å². The summed E-state index contributed by atoms with van der Waals surface area (Å²) in [7, 11) is 0. The minimum Gasteiger partial charge on any atom is -0.434 e. The highest BCUT2D eigenvalue weighted by atomic mass is 19.3. The van der Waals surface area contributed by atoms with E-state index in [-0.39, 0.29) is 12.4 Å². The number of aliphatic hydroxyl groups excluding tert-OH is 1. The first-order valence-electron chi connectivity index (χ1n) is 4.20. The molecule has 0 aliphatic rings. The molecule has 0 radical (unpaired) electrons. The van der Waals surface area contributed by atoms with Crippen molar-refractivity contribution < 1.29 is 18.6 Å². The quantitative estimate of drug-likeness (QED) is 0.815. The summed E-state index contributed by atoms with van der Waals surface area (Å²) < 4.78 is 28.3. The second-order valence-corrected chi connectivity index (χ2v) is 3.10. The molecule has 1 aromatic rings. The van der Waals surface area contributed by atoms with Crippen LogP contribution in [0.5, 0.6) is 5.75 Å². The van der Waals surface area contributed by atoms with E-state index in [4.69, 9.17) is 5.11 Å². The van der Waals surface area contributed by atoms with Crippen LogP contribution in [0.1, 0.15) is 16.7 Å². The van der Waals surface area contributed by atoms with E-state index in [2.05, 4.69) is 4.74 Å². The smallest absolute Gasteiger partial charge is 0.387 e. The van der Waals surface area contributed by atoms with Gasteiger partial charge in [0.2, 0.25) is 0 Å². The van der Waals surface area contributed by atoms with Gasteiger partial charge in [-0.05, 0) is 30.5 Å². The Labute approximate surface area is 81.1 Å². The zero-order chi connectivity index (χ0) is 10.7. The summed E-state index contributed by atoms with van der Waals surface area (Å²) in [6.07, 6.45) is 0. The molecule has 2 nitrogen and oxygen atoms in total. The number of alkyl halides is 2. The lowest BCUT2D eigenvalue weighted by molar-refractivity contribution is -0.0507. The molecule has 1 aromatic carbocycles. The van der Waals surface area contributed by atoms with Gasteiger partial charge in [0.15, 0.2) is 0 Å². The molecule has 0 saturated heterocycles. The fourth-order valence-corrected chi connectivity index (χ4v) is 1.41. The molecule has 1 rings (SSSR count). The van der Waals surface area contributed by atoms with Gasteiger partial charge in [-0.1, -0.05) is 12.1 Å². The Balaban J connectivity index is 3.05. The van der Waals surface area contributed by atoms with E-state index in [0.29, 0.717) is 16.7 Å². The van der Waals surface area contributed by atoms with E-state index in [9.17, 15) is 8.78 Å². The highest BCUT2D eigenvalue weighted by Gasteiger charge is 2.10. The van der Waals surface area contributed by atoms with Gasteiger partial charge in [-0.25, -0.2) is 0 Å². The van der Waals surface area contributed by atoms with Gasteiger partial charge in [0.25, 0.3) is 0 Å². The third-order valence-electron chi connectivity index (χ3n) is 1.91. The van der Waals surface area contributed by atoms with Gasteiger partial charge < -0.3 is 9.84 Å². The lowest BCUT2D eigenvalue weighted by atomic mass is 10.1. The SMILES string of the molecule is Cc1cc(CO)cc(C)c1OC(F)F. The number of aliphatic hydroxyl groups is 1. The van der Waals surface area contributed by atoms with Crippen LogP contribution in [0.3, 0.4) is 0 Å². The highest BCUT2D eigenvalue weighted by Crippen LogP contribution is 2.26. The Morgan fingerprint density at radius 3 is 2.14 bits per heavy atom. The Morgan fingerprint density at radius 1 is 1.29 bits per heavy atom. The molecule has 0 unspecified atom stereocenters. The molecule has 1 N–H and O–H groups in total. The summed E-state index contributed by atoms with van der Waals surface area (Å²) in [6, 6.07) is 3.26. The molecule has 0 amide bonds. The molecule has 0 aliphatic carbocycles. The number of aryl methyl sites for hydroxylation is 2. The molecule has 14 heavy (non-hydrogen) atoms. The molecular formula is C10H12F2O2. The van der Waals surface area contributed by atoms with Crippen molar-refractivity contribution in [1.29, 1.82) is 0 Å². The maximum atomic E-state index is 12.0. The third-order valence-corrected chi connectivity index (χ3v) is 1.91. The Morgan fingerprint density at radius 2 is 1.79 bits per heavy atom. The van der Waals surface area contributed by atoms with Crippen molar-refractivity contribution in [3.8, 4) is 5.75 Å². The van der Waals surface area contributed by atoms with Crippen molar-refractivity contribution in [3.63, 3.8) is 0 Å². The summed E-state index contributed by atoms with van der Waals surface area (Å²) in [5.74, 6) is 0.192. The number of benzene rings is 1. The van der Waals surface area contributed by atoms with E-state index in [1.807, 2.05) is 0 Å². The standard InChI is InChI=1S/C10H12F2O2/c1-6-3-8(5-13)4-7(2)9(6)14-10(11)12/h3-4,10,13H,5H2,1-2H3. The number of ether oxygens (including phenoxy) is 1. The van der Waals surface area contributed by atoms with Gasteiger partial charge in [-0.2, -0.15) is 8.78 Å². The number of hydrogen-bond donors (Lipinski definition) is 1. The largest absolute Gasteiger partial charge is 0.434 e. The Bertz CT molecular complexity index is 301. The van der Waals surface area contributed by atoms with Crippen LogP contribution in [0, 0.1) is 13.8 Å². The fraction of sp³-hybridized carbons (Fsp3) is 0.400. The summed E-state index contributed by atoms with van der Waals surface area (Å²) in [6.45, 7) is 0.428. The zero-order valence-corrected chi connectivity index (χ0v) is 8.05. The number of hydrogen-bond acceptors (Lipinski definition) is 2. The Kier molecular flexibility index (Phi) is 3.41. The van der Waals surface area contributed by atoms with E-state index >= 15 is 0 Å². The summed E-state index contributed by atoms with van der Waals surface area (Å²) in [4.78, 5) is 0. The first-order valence-corrected chi connectivity index (χ1v) is 4.20. The van der Waals surface area contributed by atoms with Crippen LogP contribution in [0.25, 0.3) is 0 Å². The van der Waals surface area contributed by atoms with Crippen molar-refractivity contribution in [2.24, 2.45) is 0 Å². The first kappa shape index (κ1) is 10.9. The maximum Gasteiger partial charge on any atom is 0.387 e. The van der Waals surface area contributed by atoms with Crippen LogP contribution < -0.4 is 4.74 Å². The average molecular weight is 202 g/mol. The summed E-state index contributed by atoms with van der Waals surface area (Å²) in [5, 5.41) is 8.87. The summed E-state index contributed by atoms with van der Waals surface area (Å²) in [5.41, 5.74) is 1.91. The van der Waals surface area contributed by atoms with Gasteiger partial charge >= 0.3 is 6.61 Å². The molecule has 0 heterocycles. The second-order valence-electron chi connectivity index (χ2n) is 3.10. The van der Waals surface area contributed by atoms with Crippen LogP contribution in [-0.2, 0) is 6.61 Å². The van der Waals surface area contributed by atoms with Crippen molar-refractivity contribution in [3.05, 3.63) is 28.8 Å². The van der Waals surface area contributed by atoms with Crippen LogP contribution in [0.4, 0.5) is 8.78 Å². The van der Waals surface area contributed by atoms with E-state index in [1.165, 1.54) is 0 Å². The van der Waals surface area contributed by atoms with Crippen LogP contribution in [0.15, 0.2) is 12.1 Å².